The average Bonchev–Trinajstić information content (AvgIpc) is 2.96. The van der Waals surface area contributed by atoms with Crippen LogP contribution in [0.25, 0.3) is 0 Å². The normalized spacial score (nSPS) is 17.3. The van der Waals surface area contributed by atoms with Crippen molar-refractivity contribution in [2.75, 3.05) is 11.4 Å². The minimum atomic E-state index is -0.453. The maximum Gasteiger partial charge on any atom is 0.227 e. The van der Waals surface area contributed by atoms with Gasteiger partial charge in [0.15, 0.2) is 0 Å². The Balaban J connectivity index is 1.63. The molecule has 2 amide bonds. The zero-order valence-corrected chi connectivity index (χ0v) is 12.5. The lowest BCUT2D eigenvalue weighted by atomic mass is 10.1. The van der Waals surface area contributed by atoms with E-state index in [-0.39, 0.29) is 30.5 Å². The first-order valence-corrected chi connectivity index (χ1v) is 7.51. The molecule has 0 aromatic heterocycles. The van der Waals surface area contributed by atoms with Gasteiger partial charge in [-0.2, -0.15) is 0 Å². The van der Waals surface area contributed by atoms with E-state index in [1.165, 1.54) is 11.0 Å². The van der Waals surface area contributed by atoms with Crippen molar-refractivity contribution in [1.82, 2.24) is 5.32 Å². The molecule has 1 unspecified atom stereocenters. The lowest BCUT2D eigenvalue weighted by Gasteiger charge is -2.17. The van der Waals surface area contributed by atoms with Gasteiger partial charge in [0.05, 0.1) is 11.6 Å². The minimum Gasteiger partial charge on any atom is -0.352 e. The fourth-order valence-electron chi connectivity index (χ4n) is 2.72. The molecule has 3 rings (SSSR count). The van der Waals surface area contributed by atoms with Gasteiger partial charge in [0.25, 0.3) is 0 Å². The molecule has 23 heavy (non-hydrogen) atoms. The standard InChI is InChI=1S/C18H17FN2O2/c19-15-8-4-5-9-16(15)21-12-14(10-17(21)22)18(23)20-11-13-6-2-1-3-7-13/h1-9,14H,10-12H2,(H,20,23). The summed E-state index contributed by atoms with van der Waals surface area (Å²) in [6.07, 6.45) is 0.106. The minimum absolute atomic E-state index is 0.106. The van der Waals surface area contributed by atoms with Gasteiger partial charge in [0, 0.05) is 19.5 Å². The molecule has 1 N–H and O–H groups in total. The molecule has 1 heterocycles. The molecule has 0 aliphatic carbocycles. The predicted molar refractivity (Wildman–Crippen MR) is 85.1 cm³/mol. The van der Waals surface area contributed by atoms with Crippen LogP contribution in [0.3, 0.4) is 0 Å². The number of nitrogens with zero attached hydrogens (tertiary/aromatic N) is 1. The average molecular weight is 312 g/mol. The van der Waals surface area contributed by atoms with E-state index in [2.05, 4.69) is 5.32 Å². The summed E-state index contributed by atoms with van der Waals surface area (Å²) in [6.45, 7) is 0.629. The second-order valence-electron chi connectivity index (χ2n) is 5.56. The third kappa shape index (κ3) is 3.39. The first-order valence-electron chi connectivity index (χ1n) is 7.51. The fourth-order valence-corrected chi connectivity index (χ4v) is 2.72. The van der Waals surface area contributed by atoms with Crippen molar-refractivity contribution in [1.29, 1.82) is 0 Å². The molecule has 1 saturated heterocycles. The van der Waals surface area contributed by atoms with E-state index >= 15 is 0 Å². The van der Waals surface area contributed by atoms with Gasteiger partial charge in [-0.1, -0.05) is 42.5 Å². The molecule has 118 valence electrons. The lowest BCUT2D eigenvalue weighted by Crippen LogP contribution is -2.32. The number of halogens is 1. The maximum atomic E-state index is 13.8. The molecule has 5 heteroatoms. The fraction of sp³-hybridized carbons (Fsp3) is 0.222. The predicted octanol–water partition coefficient (Wildman–Crippen LogP) is 2.50. The van der Waals surface area contributed by atoms with Crippen molar-refractivity contribution >= 4 is 17.5 Å². The van der Waals surface area contributed by atoms with Crippen LogP contribution in [-0.2, 0) is 16.1 Å². The molecule has 1 atom stereocenters. The van der Waals surface area contributed by atoms with Gasteiger partial charge in [-0.25, -0.2) is 4.39 Å². The monoisotopic (exact) mass is 312 g/mol. The van der Waals surface area contributed by atoms with Gasteiger partial charge in [0.1, 0.15) is 5.82 Å². The number of carbonyl (C=O) groups is 2. The van der Waals surface area contributed by atoms with E-state index in [1.807, 2.05) is 30.3 Å². The van der Waals surface area contributed by atoms with Crippen LogP contribution < -0.4 is 10.2 Å². The molecule has 4 nitrogen and oxygen atoms in total. The molecule has 0 radical (unpaired) electrons. The molecule has 2 aromatic rings. The van der Waals surface area contributed by atoms with E-state index in [1.54, 1.807) is 18.2 Å². The van der Waals surface area contributed by atoms with Crippen LogP contribution in [0.15, 0.2) is 54.6 Å². The number of nitrogens with one attached hydrogen (secondary N) is 1. The molecule has 2 aromatic carbocycles. The van der Waals surface area contributed by atoms with Crippen molar-refractivity contribution in [3.8, 4) is 0 Å². The molecule has 0 saturated carbocycles. The Kier molecular flexibility index (Phi) is 4.37. The SMILES string of the molecule is O=C(NCc1ccccc1)C1CC(=O)N(c2ccccc2F)C1. The van der Waals surface area contributed by atoms with Gasteiger partial charge in [0.2, 0.25) is 11.8 Å². The van der Waals surface area contributed by atoms with Gasteiger partial charge >= 0.3 is 0 Å². The van der Waals surface area contributed by atoms with Gasteiger partial charge in [-0.3, -0.25) is 9.59 Å². The summed E-state index contributed by atoms with van der Waals surface area (Å²) >= 11 is 0. The Morgan fingerprint density at radius 2 is 1.83 bits per heavy atom. The number of carbonyl (C=O) groups excluding carboxylic acids is 2. The van der Waals surface area contributed by atoms with E-state index in [4.69, 9.17) is 0 Å². The molecule has 0 spiro atoms. The third-order valence-corrected chi connectivity index (χ3v) is 3.95. The second kappa shape index (κ2) is 6.60. The molecular weight excluding hydrogens is 295 g/mol. The highest BCUT2D eigenvalue weighted by Gasteiger charge is 2.35. The molecule has 0 bridgehead atoms. The topological polar surface area (TPSA) is 49.4 Å². The highest BCUT2D eigenvalue weighted by Crippen LogP contribution is 2.27. The molecule has 1 fully saturated rings. The van der Waals surface area contributed by atoms with Gasteiger partial charge in [-0.15, -0.1) is 0 Å². The smallest absolute Gasteiger partial charge is 0.227 e. The van der Waals surface area contributed by atoms with Crippen molar-refractivity contribution in [3.63, 3.8) is 0 Å². The van der Waals surface area contributed by atoms with Crippen LogP contribution in [-0.4, -0.2) is 18.4 Å². The Morgan fingerprint density at radius 1 is 1.13 bits per heavy atom. The van der Waals surface area contributed by atoms with Crippen LogP contribution in [0.2, 0.25) is 0 Å². The van der Waals surface area contributed by atoms with E-state index in [9.17, 15) is 14.0 Å². The molecule has 1 aliphatic rings. The largest absolute Gasteiger partial charge is 0.352 e. The zero-order valence-electron chi connectivity index (χ0n) is 12.5. The van der Waals surface area contributed by atoms with E-state index in [0.717, 1.165) is 5.56 Å². The van der Waals surface area contributed by atoms with Gasteiger partial charge in [-0.05, 0) is 17.7 Å². The van der Waals surface area contributed by atoms with Crippen LogP contribution in [0, 0.1) is 11.7 Å². The van der Waals surface area contributed by atoms with Crippen molar-refractivity contribution in [3.05, 3.63) is 66.0 Å². The number of anilines is 1. The van der Waals surface area contributed by atoms with E-state index < -0.39 is 11.7 Å². The maximum absolute atomic E-state index is 13.8. The Hall–Kier alpha value is -2.69. The van der Waals surface area contributed by atoms with Crippen LogP contribution in [0.5, 0.6) is 0 Å². The summed E-state index contributed by atoms with van der Waals surface area (Å²) in [4.78, 5) is 25.7. The number of hydrogen-bond donors (Lipinski definition) is 1. The number of amides is 2. The Morgan fingerprint density at radius 3 is 2.57 bits per heavy atom. The summed E-state index contributed by atoms with van der Waals surface area (Å²) in [5.41, 5.74) is 1.23. The van der Waals surface area contributed by atoms with Crippen LogP contribution in [0.4, 0.5) is 10.1 Å². The quantitative estimate of drug-likeness (QED) is 0.943. The van der Waals surface area contributed by atoms with Crippen molar-refractivity contribution in [2.24, 2.45) is 5.92 Å². The number of benzene rings is 2. The third-order valence-electron chi connectivity index (χ3n) is 3.95. The lowest BCUT2D eigenvalue weighted by molar-refractivity contribution is -0.126. The summed E-state index contributed by atoms with van der Waals surface area (Å²) in [5.74, 6) is -1.31. The number of hydrogen-bond acceptors (Lipinski definition) is 2. The van der Waals surface area contributed by atoms with Gasteiger partial charge < -0.3 is 10.2 Å². The Bertz CT molecular complexity index is 718. The highest BCUT2D eigenvalue weighted by atomic mass is 19.1. The number of para-hydroxylation sites is 1. The highest BCUT2D eigenvalue weighted by molar-refractivity contribution is 6.00. The number of rotatable bonds is 4. The van der Waals surface area contributed by atoms with Crippen molar-refractivity contribution in [2.45, 2.75) is 13.0 Å². The summed E-state index contributed by atoms with van der Waals surface area (Å²) in [5, 5.41) is 2.84. The second-order valence-corrected chi connectivity index (χ2v) is 5.56. The van der Waals surface area contributed by atoms with Crippen molar-refractivity contribution < 1.29 is 14.0 Å². The first-order chi connectivity index (χ1) is 11.1. The van der Waals surface area contributed by atoms with Crippen LogP contribution >= 0.6 is 0 Å². The molecule has 1 aliphatic heterocycles. The summed E-state index contributed by atoms with van der Waals surface area (Å²) in [7, 11) is 0. The summed E-state index contributed by atoms with van der Waals surface area (Å²) < 4.78 is 13.8. The molecular formula is C18H17FN2O2. The Labute approximate surface area is 133 Å². The summed E-state index contributed by atoms with van der Waals surface area (Å²) in [6, 6.07) is 15.7. The van der Waals surface area contributed by atoms with Crippen LogP contribution in [0.1, 0.15) is 12.0 Å². The van der Waals surface area contributed by atoms with E-state index in [0.29, 0.717) is 6.54 Å². The zero-order chi connectivity index (χ0) is 16.2. The first kappa shape index (κ1) is 15.2.